The van der Waals surface area contributed by atoms with Crippen LogP contribution in [0, 0.1) is 0 Å². The summed E-state index contributed by atoms with van der Waals surface area (Å²) in [6.45, 7) is 3.50. The first-order valence-corrected chi connectivity index (χ1v) is 10.7. The van der Waals surface area contributed by atoms with Gasteiger partial charge in [0.05, 0.1) is 0 Å². The average Bonchev–Trinajstić information content (AvgIpc) is 2.63. The molecule has 0 atom stereocenters. The molecule has 0 saturated carbocycles. The highest BCUT2D eigenvalue weighted by Gasteiger charge is 2.32. The third-order valence-corrected chi connectivity index (χ3v) is 6.72. The maximum Gasteiger partial charge on any atom is 0.193 e. The summed E-state index contributed by atoms with van der Waals surface area (Å²) in [6.07, 6.45) is 6.49. The summed E-state index contributed by atoms with van der Waals surface area (Å²) in [5.41, 5.74) is 1.30. The van der Waals surface area contributed by atoms with Crippen molar-refractivity contribution in [1.82, 2.24) is 10.2 Å². The van der Waals surface area contributed by atoms with Crippen LogP contribution in [0.2, 0.25) is 0 Å². The lowest BCUT2D eigenvalue weighted by Gasteiger charge is -2.37. The highest BCUT2D eigenvalue weighted by molar-refractivity contribution is 8.00. The van der Waals surface area contributed by atoms with Gasteiger partial charge in [-0.1, -0.05) is 12.1 Å². The van der Waals surface area contributed by atoms with E-state index in [1.807, 2.05) is 18.8 Å². The van der Waals surface area contributed by atoms with Crippen LogP contribution in [0.1, 0.15) is 18.4 Å². The molecule has 134 valence electrons. The summed E-state index contributed by atoms with van der Waals surface area (Å²) >= 11 is 3.72. The molecule has 2 rings (SSSR count). The fourth-order valence-electron chi connectivity index (χ4n) is 2.90. The third-order valence-electron chi connectivity index (χ3n) is 4.56. The van der Waals surface area contributed by atoms with Crippen molar-refractivity contribution in [3.8, 4) is 0 Å². The molecule has 1 heterocycles. The van der Waals surface area contributed by atoms with E-state index in [0.29, 0.717) is 0 Å². The number of nitrogens with one attached hydrogen (secondary N) is 1. The first kappa shape index (κ1) is 19.5. The number of guanidine groups is 1. The van der Waals surface area contributed by atoms with E-state index >= 15 is 0 Å². The van der Waals surface area contributed by atoms with E-state index in [0.717, 1.165) is 45.1 Å². The largest absolute Gasteiger partial charge is 0.381 e. The van der Waals surface area contributed by atoms with Crippen LogP contribution in [-0.4, -0.2) is 62.0 Å². The molecule has 0 bridgehead atoms. The fourth-order valence-corrected chi connectivity index (χ4v) is 4.10. The Kier molecular flexibility index (Phi) is 7.78. The van der Waals surface area contributed by atoms with E-state index in [9.17, 15) is 0 Å². The fraction of sp³-hybridized carbons (Fsp3) is 0.611. The van der Waals surface area contributed by atoms with E-state index in [4.69, 9.17) is 4.74 Å². The van der Waals surface area contributed by atoms with Crippen molar-refractivity contribution in [2.45, 2.75) is 29.0 Å². The van der Waals surface area contributed by atoms with Gasteiger partial charge in [-0.05, 0) is 43.0 Å². The van der Waals surface area contributed by atoms with E-state index in [-0.39, 0.29) is 4.75 Å². The van der Waals surface area contributed by atoms with Gasteiger partial charge in [-0.15, -0.1) is 11.8 Å². The Hall–Kier alpha value is -0.850. The molecule has 1 aliphatic rings. The molecule has 1 aliphatic heterocycles. The molecular formula is C18H29N3OS2. The van der Waals surface area contributed by atoms with Gasteiger partial charge in [0.15, 0.2) is 5.96 Å². The topological polar surface area (TPSA) is 36.9 Å². The minimum atomic E-state index is 0.259. The lowest BCUT2D eigenvalue weighted by atomic mass is 9.99. The highest BCUT2D eigenvalue weighted by Crippen LogP contribution is 2.33. The summed E-state index contributed by atoms with van der Waals surface area (Å²) in [7, 11) is 3.94. The SMILES string of the molecule is CN=C(NCC1(SC)CCOCC1)N(C)Cc1ccc(SC)cc1. The van der Waals surface area contributed by atoms with Gasteiger partial charge in [0.2, 0.25) is 0 Å². The molecule has 4 nitrogen and oxygen atoms in total. The molecular weight excluding hydrogens is 338 g/mol. The van der Waals surface area contributed by atoms with Crippen molar-refractivity contribution in [3.05, 3.63) is 29.8 Å². The van der Waals surface area contributed by atoms with Gasteiger partial charge in [0.1, 0.15) is 0 Å². The van der Waals surface area contributed by atoms with Gasteiger partial charge in [-0.3, -0.25) is 4.99 Å². The molecule has 1 fully saturated rings. The van der Waals surface area contributed by atoms with E-state index in [2.05, 4.69) is 59.0 Å². The molecule has 0 radical (unpaired) electrons. The van der Waals surface area contributed by atoms with Crippen LogP contribution in [0.4, 0.5) is 0 Å². The van der Waals surface area contributed by atoms with Crippen molar-refractivity contribution < 1.29 is 4.74 Å². The second-order valence-electron chi connectivity index (χ2n) is 6.10. The Morgan fingerprint density at radius 1 is 1.25 bits per heavy atom. The van der Waals surface area contributed by atoms with Gasteiger partial charge in [0, 0.05) is 50.0 Å². The Morgan fingerprint density at radius 3 is 2.46 bits per heavy atom. The smallest absolute Gasteiger partial charge is 0.193 e. The average molecular weight is 368 g/mol. The summed E-state index contributed by atoms with van der Waals surface area (Å²) in [6, 6.07) is 8.73. The van der Waals surface area contributed by atoms with Crippen molar-refractivity contribution in [1.29, 1.82) is 0 Å². The number of ether oxygens (including phenoxy) is 1. The van der Waals surface area contributed by atoms with Crippen LogP contribution in [0.3, 0.4) is 0 Å². The standard InChI is InChI=1S/C18H29N3OS2/c1-19-17(20-14-18(24-4)9-11-22-12-10-18)21(2)13-15-5-7-16(23-3)8-6-15/h5-8H,9-14H2,1-4H3,(H,19,20). The van der Waals surface area contributed by atoms with E-state index in [1.54, 1.807) is 11.8 Å². The van der Waals surface area contributed by atoms with Crippen LogP contribution in [0.25, 0.3) is 0 Å². The minimum Gasteiger partial charge on any atom is -0.381 e. The number of rotatable bonds is 6. The number of nitrogens with zero attached hydrogens (tertiary/aromatic N) is 2. The quantitative estimate of drug-likeness (QED) is 0.474. The van der Waals surface area contributed by atoms with Gasteiger partial charge < -0.3 is 15.0 Å². The first-order valence-electron chi connectivity index (χ1n) is 8.30. The second-order valence-corrected chi connectivity index (χ2v) is 8.26. The molecule has 1 aromatic rings. The summed E-state index contributed by atoms with van der Waals surface area (Å²) in [4.78, 5) is 7.93. The molecule has 0 unspecified atom stereocenters. The Bertz CT molecular complexity index is 528. The summed E-state index contributed by atoms with van der Waals surface area (Å²) < 4.78 is 5.78. The van der Waals surface area contributed by atoms with Gasteiger partial charge in [-0.25, -0.2) is 0 Å². The summed E-state index contributed by atoms with van der Waals surface area (Å²) in [5.74, 6) is 0.948. The zero-order valence-corrected chi connectivity index (χ0v) is 16.8. The number of benzene rings is 1. The highest BCUT2D eigenvalue weighted by atomic mass is 32.2. The molecule has 1 N–H and O–H groups in total. The molecule has 0 aromatic heterocycles. The molecule has 0 aliphatic carbocycles. The predicted octanol–water partition coefficient (Wildman–Crippen LogP) is 3.33. The number of aliphatic imine (C=N–C) groups is 1. The van der Waals surface area contributed by atoms with Crippen molar-refractivity contribution in [2.75, 3.05) is 46.4 Å². The van der Waals surface area contributed by atoms with Gasteiger partial charge in [-0.2, -0.15) is 11.8 Å². The predicted molar refractivity (Wildman–Crippen MR) is 107 cm³/mol. The number of thioether (sulfide) groups is 2. The summed E-state index contributed by atoms with van der Waals surface area (Å²) in [5, 5.41) is 3.57. The Labute approximate surface area is 154 Å². The van der Waals surface area contributed by atoms with E-state index < -0.39 is 0 Å². The minimum absolute atomic E-state index is 0.259. The lowest BCUT2D eigenvalue weighted by Crippen LogP contribution is -2.48. The Balaban J connectivity index is 1.92. The number of hydrogen-bond acceptors (Lipinski definition) is 4. The molecule has 1 aromatic carbocycles. The van der Waals surface area contributed by atoms with Crippen molar-refractivity contribution >= 4 is 29.5 Å². The number of hydrogen-bond donors (Lipinski definition) is 1. The Morgan fingerprint density at radius 2 is 1.92 bits per heavy atom. The molecule has 24 heavy (non-hydrogen) atoms. The second kappa shape index (κ2) is 9.59. The van der Waals surface area contributed by atoms with E-state index in [1.165, 1.54) is 10.5 Å². The molecule has 0 amide bonds. The zero-order chi connectivity index (χ0) is 17.4. The monoisotopic (exact) mass is 367 g/mol. The van der Waals surface area contributed by atoms with Crippen LogP contribution in [0.15, 0.2) is 34.2 Å². The van der Waals surface area contributed by atoms with Gasteiger partial charge in [0.25, 0.3) is 0 Å². The van der Waals surface area contributed by atoms with Crippen molar-refractivity contribution in [3.63, 3.8) is 0 Å². The lowest BCUT2D eigenvalue weighted by molar-refractivity contribution is 0.0781. The maximum atomic E-state index is 5.52. The van der Waals surface area contributed by atoms with Crippen LogP contribution < -0.4 is 5.32 Å². The molecule has 6 heteroatoms. The van der Waals surface area contributed by atoms with Crippen LogP contribution >= 0.6 is 23.5 Å². The zero-order valence-electron chi connectivity index (χ0n) is 15.2. The van der Waals surface area contributed by atoms with Crippen LogP contribution in [-0.2, 0) is 11.3 Å². The molecule has 0 spiro atoms. The van der Waals surface area contributed by atoms with Crippen molar-refractivity contribution in [2.24, 2.45) is 4.99 Å². The van der Waals surface area contributed by atoms with Gasteiger partial charge >= 0.3 is 0 Å². The van der Waals surface area contributed by atoms with Crippen LogP contribution in [0.5, 0.6) is 0 Å². The first-order chi connectivity index (χ1) is 11.6. The third kappa shape index (κ3) is 5.33. The maximum absolute atomic E-state index is 5.52. The normalized spacial score (nSPS) is 17.6. The molecule has 1 saturated heterocycles.